The SMILES string of the molecule is O=c1ccn([C@H]2C[C@H](O)[C@@H](CSS(=O)(=O)O)O2)c(=O)[nH]1. The third-order valence-corrected chi connectivity index (χ3v) is 4.81. The predicted molar refractivity (Wildman–Crippen MR) is 69.9 cm³/mol. The summed E-state index contributed by atoms with van der Waals surface area (Å²) >= 11 is 0. The average molecular weight is 324 g/mol. The zero-order chi connectivity index (χ0) is 14.9. The summed E-state index contributed by atoms with van der Waals surface area (Å²) in [5, 5.41) is 9.76. The maximum absolute atomic E-state index is 11.6. The molecule has 2 rings (SSSR count). The lowest BCUT2D eigenvalue weighted by atomic mass is 10.2. The molecule has 1 saturated heterocycles. The lowest BCUT2D eigenvalue weighted by Crippen LogP contribution is -2.31. The lowest BCUT2D eigenvalue weighted by Gasteiger charge is -2.14. The first-order valence-corrected chi connectivity index (χ1v) is 8.47. The molecule has 9 nitrogen and oxygen atoms in total. The average Bonchev–Trinajstić information content (AvgIpc) is 2.67. The zero-order valence-corrected chi connectivity index (χ0v) is 11.6. The zero-order valence-electron chi connectivity index (χ0n) is 10.0. The van der Waals surface area contributed by atoms with Gasteiger partial charge in [-0.3, -0.25) is 18.9 Å². The van der Waals surface area contributed by atoms with Gasteiger partial charge >= 0.3 is 14.8 Å². The molecule has 2 heterocycles. The summed E-state index contributed by atoms with van der Waals surface area (Å²) in [4.78, 5) is 24.6. The largest absolute Gasteiger partial charge is 0.390 e. The molecule has 0 radical (unpaired) electrons. The Balaban J connectivity index is 2.10. The van der Waals surface area contributed by atoms with Gasteiger partial charge < -0.3 is 9.84 Å². The molecule has 11 heteroatoms. The minimum absolute atomic E-state index is 0.0721. The summed E-state index contributed by atoms with van der Waals surface area (Å²) in [6.07, 6.45) is -1.32. The smallest absolute Gasteiger partial charge is 0.330 e. The van der Waals surface area contributed by atoms with Crippen molar-refractivity contribution in [3.8, 4) is 0 Å². The summed E-state index contributed by atoms with van der Waals surface area (Å²) in [6.45, 7) is 0. The topological polar surface area (TPSA) is 139 Å². The number of nitrogens with zero attached hydrogens (tertiary/aromatic N) is 1. The van der Waals surface area contributed by atoms with Gasteiger partial charge in [-0.2, -0.15) is 8.42 Å². The maximum Gasteiger partial charge on any atom is 0.330 e. The number of aromatic nitrogens is 2. The van der Waals surface area contributed by atoms with E-state index in [1.165, 1.54) is 6.20 Å². The molecule has 1 aromatic heterocycles. The molecule has 3 atom stereocenters. The van der Waals surface area contributed by atoms with Gasteiger partial charge in [0, 0.05) is 24.4 Å². The number of ether oxygens (including phenoxy) is 1. The van der Waals surface area contributed by atoms with Crippen LogP contribution in [-0.4, -0.2) is 45.6 Å². The molecule has 0 aromatic carbocycles. The van der Waals surface area contributed by atoms with Crippen LogP contribution < -0.4 is 11.2 Å². The van der Waals surface area contributed by atoms with Crippen molar-refractivity contribution in [2.45, 2.75) is 24.9 Å². The molecule has 0 aliphatic carbocycles. The fourth-order valence-electron chi connectivity index (χ4n) is 1.84. The Bertz CT molecular complexity index is 695. The van der Waals surface area contributed by atoms with Gasteiger partial charge in [0.25, 0.3) is 5.56 Å². The van der Waals surface area contributed by atoms with Crippen LogP contribution in [0.2, 0.25) is 0 Å². The summed E-state index contributed by atoms with van der Waals surface area (Å²) in [5.74, 6) is -0.172. The highest BCUT2D eigenvalue weighted by Gasteiger charge is 2.36. The molecule has 0 spiro atoms. The van der Waals surface area contributed by atoms with E-state index in [-0.39, 0.29) is 23.0 Å². The van der Waals surface area contributed by atoms with E-state index in [2.05, 4.69) is 4.98 Å². The number of H-pyrrole nitrogens is 1. The first-order valence-electron chi connectivity index (χ1n) is 5.53. The number of aromatic amines is 1. The highest BCUT2D eigenvalue weighted by molar-refractivity contribution is 8.69. The molecule has 112 valence electrons. The van der Waals surface area contributed by atoms with E-state index in [0.717, 1.165) is 10.6 Å². The Morgan fingerprint density at radius 1 is 1.50 bits per heavy atom. The van der Waals surface area contributed by atoms with E-state index in [1.807, 2.05) is 0 Å². The Kier molecular flexibility index (Phi) is 4.34. The molecular formula is C9H12N2O7S2. The number of aliphatic hydroxyl groups excluding tert-OH is 1. The van der Waals surface area contributed by atoms with Crippen LogP contribution in [0.3, 0.4) is 0 Å². The van der Waals surface area contributed by atoms with Crippen molar-refractivity contribution in [1.82, 2.24) is 9.55 Å². The van der Waals surface area contributed by atoms with Gasteiger partial charge in [0.05, 0.1) is 12.2 Å². The summed E-state index contributed by atoms with van der Waals surface area (Å²) < 4.78 is 36.3. The van der Waals surface area contributed by atoms with Crippen LogP contribution in [-0.2, 0) is 13.9 Å². The quantitative estimate of drug-likeness (QED) is 0.460. The second kappa shape index (κ2) is 5.69. The fraction of sp³-hybridized carbons (Fsp3) is 0.556. The minimum atomic E-state index is -4.22. The van der Waals surface area contributed by atoms with E-state index in [4.69, 9.17) is 9.29 Å². The van der Waals surface area contributed by atoms with Gasteiger partial charge in [0.2, 0.25) is 0 Å². The molecule has 0 amide bonds. The Morgan fingerprint density at radius 3 is 2.80 bits per heavy atom. The van der Waals surface area contributed by atoms with Crippen molar-refractivity contribution < 1.29 is 22.8 Å². The normalized spacial score (nSPS) is 26.8. The van der Waals surface area contributed by atoms with Crippen LogP contribution in [0, 0.1) is 0 Å². The van der Waals surface area contributed by atoms with Crippen molar-refractivity contribution in [2.24, 2.45) is 0 Å². The second-order valence-corrected chi connectivity index (χ2v) is 7.56. The third kappa shape index (κ3) is 3.70. The first-order chi connectivity index (χ1) is 9.26. The van der Waals surface area contributed by atoms with Crippen molar-refractivity contribution >= 4 is 19.9 Å². The Morgan fingerprint density at radius 2 is 2.20 bits per heavy atom. The van der Waals surface area contributed by atoms with Crippen LogP contribution in [0.5, 0.6) is 0 Å². The summed E-state index contributed by atoms with van der Waals surface area (Å²) in [5.41, 5.74) is -1.24. The van der Waals surface area contributed by atoms with Crippen molar-refractivity contribution in [3.63, 3.8) is 0 Å². The molecule has 0 unspecified atom stereocenters. The first kappa shape index (κ1) is 15.3. The van der Waals surface area contributed by atoms with Gasteiger partial charge in [0.1, 0.15) is 6.23 Å². The number of nitrogens with one attached hydrogen (secondary N) is 1. The van der Waals surface area contributed by atoms with Crippen molar-refractivity contribution in [1.29, 1.82) is 0 Å². The highest BCUT2D eigenvalue weighted by atomic mass is 33.1. The van der Waals surface area contributed by atoms with Gasteiger partial charge in [-0.05, 0) is 10.8 Å². The molecule has 20 heavy (non-hydrogen) atoms. The number of hydrogen-bond donors (Lipinski definition) is 3. The van der Waals surface area contributed by atoms with Gasteiger partial charge in [-0.25, -0.2) is 4.79 Å². The molecule has 1 fully saturated rings. The third-order valence-electron chi connectivity index (χ3n) is 2.75. The Labute approximate surface area is 116 Å². The van der Waals surface area contributed by atoms with Gasteiger partial charge in [0.15, 0.2) is 0 Å². The van der Waals surface area contributed by atoms with E-state index in [9.17, 15) is 23.1 Å². The molecule has 1 aliphatic heterocycles. The van der Waals surface area contributed by atoms with E-state index >= 15 is 0 Å². The number of hydrogen-bond acceptors (Lipinski definition) is 7. The fourth-order valence-corrected chi connectivity index (χ4v) is 3.37. The molecule has 0 saturated carbocycles. The van der Waals surface area contributed by atoms with Crippen LogP contribution >= 0.6 is 10.8 Å². The van der Waals surface area contributed by atoms with Crippen molar-refractivity contribution in [2.75, 3.05) is 5.75 Å². The molecular weight excluding hydrogens is 312 g/mol. The van der Waals surface area contributed by atoms with Gasteiger partial charge in [-0.15, -0.1) is 0 Å². The molecule has 1 aliphatic rings. The standard InChI is InChI=1S/C9H12N2O7S2/c12-5-3-8(11-2-1-7(13)10-9(11)14)18-6(5)4-19-20(15,16)17/h1-2,5-6,8,12H,3-4H2,(H,10,13,14)(H,15,16,17)/t5-,6+,8+/m0/s1. The van der Waals surface area contributed by atoms with E-state index < -0.39 is 38.8 Å². The van der Waals surface area contributed by atoms with Crippen molar-refractivity contribution in [3.05, 3.63) is 33.1 Å². The molecule has 1 aromatic rings. The maximum atomic E-state index is 11.6. The Hall–Kier alpha value is -1.14. The highest BCUT2D eigenvalue weighted by Crippen LogP contribution is 2.30. The minimum Gasteiger partial charge on any atom is -0.390 e. The monoisotopic (exact) mass is 324 g/mol. The van der Waals surface area contributed by atoms with Crippen LogP contribution in [0.25, 0.3) is 0 Å². The van der Waals surface area contributed by atoms with Crippen LogP contribution in [0.15, 0.2) is 21.9 Å². The summed E-state index contributed by atoms with van der Waals surface area (Å²) in [7, 11) is -3.99. The van der Waals surface area contributed by atoms with E-state index in [1.54, 1.807) is 0 Å². The summed E-state index contributed by atoms with van der Waals surface area (Å²) in [6, 6.07) is 1.14. The number of rotatable bonds is 4. The van der Waals surface area contributed by atoms with Gasteiger partial charge in [-0.1, -0.05) is 0 Å². The second-order valence-electron chi connectivity index (χ2n) is 4.16. The number of aliphatic hydroxyl groups is 1. The van der Waals surface area contributed by atoms with E-state index in [0.29, 0.717) is 0 Å². The molecule has 0 bridgehead atoms. The van der Waals surface area contributed by atoms with Crippen LogP contribution in [0.4, 0.5) is 0 Å². The lowest BCUT2D eigenvalue weighted by molar-refractivity contribution is -0.00746. The molecule has 3 N–H and O–H groups in total. The predicted octanol–water partition coefficient (Wildman–Crippen LogP) is -1.28. The van der Waals surface area contributed by atoms with Crippen LogP contribution in [0.1, 0.15) is 12.6 Å².